The molecule has 0 bridgehead atoms. The molecule has 3 heteroatoms. The third kappa shape index (κ3) is 6.42. The fraction of sp³-hybridized carbons (Fsp3) is 0.378. The molecule has 0 spiro atoms. The molecule has 2 atom stereocenters. The van der Waals surface area contributed by atoms with E-state index in [1.54, 1.807) is 22.3 Å². The van der Waals surface area contributed by atoms with Crippen LogP contribution in [0.3, 0.4) is 0 Å². The van der Waals surface area contributed by atoms with E-state index in [-0.39, 0.29) is 24.8 Å². The van der Waals surface area contributed by atoms with Gasteiger partial charge in [0.05, 0.1) is 0 Å². The maximum absolute atomic E-state index is 3.04. The fourth-order valence-corrected chi connectivity index (χ4v) is 32.0. The first kappa shape index (κ1) is 37.1. The van der Waals surface area contributed by atoms with Gasteiger partial charge in [-0.05, 0) is 0 Å². The van der Waals surface area contributed by atoms with E-state index >= 15 is 0 Å². The molecule has 48 heavy (non-hydrogen) atoms. The minimum absolute atomic E-state index is 0. The predicted molar refractivity (Wildman–Crippen MR) is 197 cm³/mol. The molecule has 3 aliphatic rings. The Balaban J connectivity index is 0.00000225. The zero-order valence-electron chi connectivity index (χ0n) is 29.8. The van der Waals surface area contributed by atoms with Crippen LogP contribution < -0.4 is 24.8 Å². The summed E-state index contributed by atoms with van der Waals surface area (Å²) < 4.78 is 4.47. The van der Waals surface area contributed by atoms with Crippen molar-refractivity contribution in [1.82, 2.24) is 0 Å². The molecular formula is C45H52Cl2Hf. The first-order chi connectivity index (χ1) is 22.4. The van der Waals surface area contributed by atoms with Gasteiger partial charge in [0.15, 0.2) is 0 Å². The SMILES string of the molecule is CCCC1=Cc2c(-c3ccc(C(C)C)cc3)cccc2[CH]1[Hf+2]1([CH]2C(CCC)=Cc3c(-c4ccc(C(C)C)cc4)cccc32)[CH2]C[CH2]1.[Cl-].[Cl-]. The van der Waals surface area contributed by atoms with Crippen molar-refractivity contribution in [2.75, 3.05) is 0 Å². The normalized spacial score (nSPS) is 18.1. The van der Waals surface area contributed by atoms with Gasteiger partial charge in [0, 0.05) is 0 Å². The average molecular weight is 842 g/mol. The van der Waals surface area contributed by atoms with Crippen molar-refractivity contribution in [3.05, 3.63) is 129 Å². The first-order valence-electron chi connectivity index (χ1n) is 18.2. The summed E-state index contributed by atoms with van der Waals surface area (Å²) in [5.41, 5.74) is 18.5. The summed E-state index contributed by atoms with van der Waals surface area (Å²) in [6.07, 6.45) is 11.7. The van der Waals surface area contributed by atoms with Crippen LogP contribution in [-0.2, 0) is 20.0 Å². The molecule has 250 valence electrons. The Labute approximate surface area is 307 Å². The van der Waals surface area contributed by atoms with Crippen molar-refractivity contribution in [2.45, 2.75) is 101 Å². The number of allylic oxidation sites excluding steroid dienone is 2. The van der Waals surface area contributed by atoms with Crippen LogP contribution in [0.4, 0.5) is 0 Å². The standard InChI is InChI=1S/2C21H23.C3H6.2ClH.Hf/c2*1-4-6-16-13-19-7-5-8-20(21(19)14-16)18-11-9-17(10-12-18)15(2)3;1-3-2;;;/h2*5,7-15H,4,6H2,1-3H3;1-3H2;2*1H;/q;;;;;+2/p-2. The van der Waals surface area contributed by atoms with Crippen LogP contribution in [0.5, 0.6) is 0 Å². The van der Waals surface area contributed by atoms with Gasteiger partial charge < -0.3 is 24.8 Å². The van der Waals surface area contributed by atoms with Crippen LogP contribution in [0.25, 0.3) is 34.4 Å². The molecule has 4 aromatic rings. The summed E-state index contributed by atoms with van der Waals surface area (Å²) in [7, 11) is 0. The molecule has 7 rings (SSSR count). The number of halogens is 2. The maximum atomic E-state index is 2.68. The number of fused-ring (bicyclic) bond motifs is 2. The second-order valence-corrected chi connectivity index (χ2v) is 31.7. The molecule has 1 fully saturated rings. The molecule has 0 saturated carbocycles. The van der Waals surface area contributed by atoms with E-state index in [1.165, 1.54) is 85.0 Å². The van der Waals surface area contributed by atoms with E-state index in [2.05, 4.69) is 139 Å². The van der Waals surface area contributed by atoms with E-state index in [9.17, 15) is 0 Å². The van der Waals surface area contributed by atoms with E-state index < -0.39 is 20.0 Å². The van der Waals surface area contributed by atoms with E-state index in [1.807, 2.05) is 0 Å². The predicted octanol–water partition coefficient (Wildman–Crippen LogP) is 7.85. The van der Waals surface area contributed by atoms with Crippen molar-refractivity contribution >= 4 is 12.2 Å². The molecule has 1 saturated heterocycles. The largest absolute Gasteiger partial charge is 1.00 e. The average Bonchev–Trinajstić information content (AvgIpc) is 3.60. The first-order valence-corrected chi connectivity index (χ1v) is 27.5. The van der Waals surface area contributed by atoms with E-state index in [0.717, 1.165) is 0 Å². The summed E-state index contributed by atoms with van der Waals surface area (Å²) >= 11 is -3.04. The molecular weight excluding hydrogens is 790 g/mol. The van der Waals surface area contributed by atoms with Crippen molar-refractivity contribution in [3.63, 3.8) is 0 Å². The summed E-state index contributed by atoms with van der Waals surface area (Å²) in [6, 6.07) is 33.5. The molecule has 0 nitrogen and oxygen atoms in total. The Kier molecular flexibility index (Phi) is 11.9. The van der Waals surface area contributed by atoms with Gasteiger partial charge in [0.25, 0.3) is 0 Å². The summed E-state index contributed by atoms with van der Waals surface area (Å²) in [5, 5.41) is 0. The third-order valence-electron chi connectivity index (χ3n) is 11.6. The van der Waals surface area contributed by atoms with E-state index in [0.29, 0.717) is 19.2 Å². The van der Waals surface area contributed by atoms with Crippen molar-refractivity contribution < 1.29 is 44.8 Å². The van der Waals surface area contributed by atoms with Crippen molar-refractivity contribution in [1.29, 1.82) is 0 Å². The minimum atomic E-state index is -3.04. The summed E-state index contributed by atoms with van der Waals surface area (Å²) in [4.78, 5) is 0. The molecule has 1 aliphatic heterocycles. The fourth-order valence-electron chi connectivity index (χ4n) is 9.22. The Morgan fingerprint density at radius 2 is 0.958 bits per heavy atom. The number of hydrogen-bond donors (Lipinski definition) is 0. The zero-order chi connectivity index (χ0) is 32.0. The van der Waals surface area contributed by atoms with Gasteiger partial charge in [-0.3, -0.25) is 0 Å². The van der Waals surface area contributed by atoms with Crippen LogP contribution in [0.1, 0.15) is 126 Å². The Hall–Kier alpha value is -2.19. The van der Waals surface area contributed by atoms with Crippen molar-refractivity contribution in [3.8, 4) is 22.3 Å². The molecule has 0 amide bonds. The van der Waals surface area contributed by atoms with E-state index in [4.69, 9.17) is 0 Å². The van der Waals surface area contributed by atoms with Crippen molar-refractivity contribution in [2.24, 2.45) is 0 Å². The third-order valence-corrected chi connectivity index (χ3v) is 34.0. The van der Waals surface area contributed by atoms with Gasteiger partial charge in [0.1, 0.15) is 0 Å². The summed E-state index contributed by atoms with van der Waals surface area (Å²) in [5.74, 6) is 1.12. The topological polar surface area (TPSA) is 0 Å². The zero-order valence-corrected chi connectivity index (χ0v) is 34.9. The number of benzene rings is 4. The number of hydrogen-bond acceptors (Lipinski definition) is 0. The monoisotopic (exact) mass is 842 g/mol. The Bertz CT molecular complexity index is 1660. The molecule has 1 heterocycles. The van der Waals surface area contributed by atoms with Crippen LogP contribution in [0, 0.1) is 0 Å². The van der Waals surface area contributed by atoms with Crippen LogP contribution in [0.2, 0.25) is 8.35 Å². The summed E-state index contributed by atoms with van der Waals surface area (Å²) in [6.45, 7) is 13.9. The van der Waals surface area contributed by atoms with Gasteiger partial charge in [-0.15, -0.1) is 0 Å². The van der Waals surface area contributed by atoms with Gasteiger partial charge in [0.2, 0.25) is 0 Å². The molecule has 2 unspecified atom stereocenters. The Morgan fingerprint density at radius 3 is 1.27 bits per heavy atom. The molecule has 0 N–H and O–H groups in total. The van der Waals surface area contributed by atoms with Crippen LogP contribution in [0.15, 0.2) is 96.1 Å². The minimum Gasteiger partial charge on any atom is -1.00 e. The molecule has 4 aromatic carbocycles. The van der Waals surface area contributed by atoms with Gasteiger partial charge >= 0.3 is 285 Å². The second kappa shape index (κ2) is 15.4. The smallest absolute Gasteiger partial charge is 1.00 e. The Morgan fingerprint density at radius 1 is 0.562 bits per heavy atom. The second-order valence-electron chi connectivity index (χ2n) is 15.1. The molecule has 0 radical (unpaired) electrons. The van der Waals surface area contributed by atoms with Crippen LogP contribution >= 0.6 is 0 Å². The van der Waals surface area contributed by atoms with Crippen LogP contribution in [-0.4, -0.2) is 0 Å². The molecule has 0 aromatic heterocycles. The number of rotatable bonds is 10. The van der Waals surface area contributed by atoms with Gasteiger partial charge in [-0.2, -0.15) is 0 Å². The van der Waals surface area contributed by atoms with Gasteiger partial charge in [-0.25, -0.2) is 0 Å². The van der Waals surface area contributed by atoms with Gasteiger partial charge in [-0.1, -0.05) is 0 Å². The maximum Gasteiger partial charge on any atom is -1.00 e. The quantitative estimate of drug-likeness (QED) is 0.143. The molecule has 2 aliphatic carbocycles.